The lowest BCUT2D eigenvalue weighted by atomic mass is 10.1. The molecule has 2 aromatic rings. The molecule has 0 aliphatic carbocycles. The van der Waals surface area contributed by atoms with Crippen molar-refractivity contribution in [3.05, 3.63) is 23.9 Å². The van der Waals surface area contributed by atoms with Gasteiger partial charge in [-0.3, -0.25) is 0 Å². The van der Waals surface area contributed by atoms with Crippen LogP contribution in [0.4, 0.5) is 5.95 Å². The highest BCUT2D eigenvalue weighted by molar-refractivity contribution is 5.83. The molecule has 3 rings (SSSR count). The largest absolute Gasteiger partial charge is 0.493 e. The van der Waals surface area contributed by atoms with Crippen LogP contribution in [0.5, 0.6) is 5.75 Å². The average Bonchev–Trinajstić information content (AvgIpc) is 3.03. The van der Waals surface area contributed by atoms with E-state index >= 15 is 0 Å². The van der Waals surface area contributed by atoms with Gasteiger partial charge >= 0.3 is 0 Å². The predicted octanol–water partition coefficient (Wildman–Crippen LogP) is 2.64. The number of nitrogen functional groups attached to an aromatic ring is 1. The quantitative estimate of drug-likeness (QED) is 0.831. The van der Waals surface area contributed by atoms with Gasteiger partial charge in [-0.15, -0.1) is 0 Å². The number of fused-ring (bicyclic) bond motifs is 1. The van der Waals surface area contributed by atoms with Crippen molar-refractivity contribution in [2.75, 3.05) is 32.0 Å². The molecule has 0 spiro atoms. The van der Waals surface area contributed by atoms with Gasteiger partial charge in [-0.05, 0) is 50.9 Å². The van der Waals surface area contributed by atoms with E-state index in [0.717, 1.165) is 48.3 Å². The molecule has 2 heterocycles. The van der Waals surface area contributed by atoms with Gasteiger partial charge in [0.05, 0.1) is 17.8 Å². The van der Waals surface area contributed by atoms with E-state index in [4.69, 9.17) is 10.5 Å². The molecule has 2 N–H and O–H groups in total. The van der Waals surface area contributed by atoms with Gasteiger partial charge < -0.3 is 15.4 Å². The Morgan fingerprint density at radius 2 is 2.05 bits per heavy atom. The lowest BCUT2D eigenvalue weighted by molar-refractivity contribution is 0.263. The second-order valence-electron chi connectivity index (χ2n) is 5.81. The topological polar surface area (TPSA) is 64.3 Å². The number of nitrogens with zero attached hydrogens (tertiary/aromatic N) is 3. The molecule has 22 heavy (non-hydrogen) atoms. The summed E-state index contributed by atoms with van der Waals surface area (Å²) in [6.07, 6.45) is 4.59. The van der Waals surface area contributed by atoms with Crippen molar-refractivity contribution in [1.29, 1.82) is 0 Å². The van der Waals surface area contributed by atoms with E-state index in [1.807, 2.05) is 18.2 Å². The number of benzene rings is 1. The van der Waals surface area contributed by atoms with Crippen LogP contribution in [0.3, 0.4) is 0 Å². The van der Waals surface area contributed by atoms with Crippen LogP contribution in [0.1, 0.15) is 31.9 Å². The predicted molar refractivity (Wildman–Crippen MR) is 89.1 cm³/mol. The Morgan fingerprint density at radius 1 is 1.23 bits per heavy atom. The lowest BCUT2D eigenvalue weighted by Crippen LogP contribution is -2.21. The van der Waals surface area contributed by atoms with Crippen molar-refractivity contribution < 1.29 is 4.74 Å². The van der Waals surface area contributed by atoms with Crippen LogP contribution in [-0.4, -0.2) is 41.1 Å². The van der Waals surface area contributed by atoms with Crippen LogP contribution in [0.25, 0.3) is 10.9 Å². The van der Waals surface area contributed by atoms with Crippen LogP contribution in [0, 0.1) is 0 Å². The molecule has 1 aliphatic heterocycles. The van der Waals surface area contributed by atoms with E-state index in [1.54, 1.807) is 0 Å². The molecule has 0 radical (unpaired) electrons. The van der Waals surface area contributed by atoms with E-state index in [9.17, 15) is 0 Å². The van der Waals surface area contributed by atoms with Crippen LogP contribution in [0.2, 0.25) is 0 Å². The molecular formula is C17H24N4O. The Balaban J connectivity index is 1.61. The van der Waals surface area contributed by atoms with Crippen molar-refractivity contribution in [3.63, 3.8) is 0 Å². The van der Waals surface area contributed by atoms with Gasteiger partial charge in [-0.25, -0.2) is 9.97 Å². The molecular weight excluding hydrogens is 276 g/mol. The normalized spacial score (nSPS) is 15.5. The minimum atomic E-state index is 0.329. The minimum absolute atomic E-state index is 0.329. The first-order valence-corrected chi connectivity index (χ1v) is 8.17. The average molecular weight is 300 g/mol. The smallest absolute Gasteiger partial charge is 0.220 e. The molecule has 1 fully saturated rings. The second-order valence-corrected chi connectivity index (χ2v) is 5.81. The highest BCUT2D eigenvalue weighted by atomic mass is 16.5. The number of ether oxygens (including phenoxy) is 1. The van der Waals surface area contributed by atoms with Gasteiger partial charge in [0, 0.05) is 18.0 Å². The van der Waals surface area contributed by atoms with E-state index in [1.165, 1.54) is 25.9 Å². The summed E-state index contributed by atoms with van der Waals surface area (Å²) in [5, 5.41) is 1.06. The molecule has 1 aromatic heterocycles. The van der Waals surface area contributed by atoms with Gasteiger partial charge in [-0.1, -0.05) is 6.92 Å². The zero-order valence-electron chi connectivity index (χ0n) is 13.2. The van der Waals surface area contributed by atoms with Crippen molar-refractivity contribution in [1.82, 2.24) is 14.9 Å². The van der Waals surface area contributed by atoms with Gasteiger partial charge in [0.2, 0.25) is 5.95 Å². The van der Waals surface area contributed by atoms with Crippen LogP contribution in [0.15, 0.2) is 18.2 Å². The molecule has 5 nitrogen and oxygen atoms in total. The maximum atomic E-state index is 5.86. The molecule has 0 unspecified atom stereocenters. The van der Waals surface area contributed by atoms with Crippen molar-refractivity contribution in [3.8, 4) is 5.75 Å². The van der Waals surface area contributed by atoms with Gasteiger partial charge in [-0.2, -0.15) is 0 Å². The summed E-state index contributed by atoms with van der Waals surface area (Å²) >= 11 is 0. The van der Waals surface area contributed by atoms with Gasteiger partial charge in [0.15, 0.2) is 0 Å². The first-order valence-electron chi connectivity index (χ1n) is 8.17. The highest BCUT2D eigenvalue weighted by Crippen LogP contribution is 2.23. The summed E-state index contributed by atoms with van der Waals surface area (Å²) in [6, 6.07) is 5.99. The maximum absolute atomic E-state index is 5.86. The first kappa shape index (κ1) is 15.0. The monoisotopic (exact) mass is 300 g/mol. The summed E-state index contributed by atoms with van der Waals surface area (Å²) in [5.74, 6) is 1.18. The number of nitrogens with two attached hydrogens (primary N) is 1. The number of aryl methyl sites for hydroxylation is 1. The SMILES string of the molecule is CCc1nc(N)nc2cc(OCCCN3CCCC3)ccc12. The Labute approximate surface area is 131 Å². The highest BCUT2D eigenvalue weighted by Gasteiger charge is 2.10. The van der Waals surface area contributed by atoms with Crippen molar-refractivity contribution in [2.45, 2.75) is 32.6 Å². The molecule has 1 aliphatic rings. The summed E-state index contributed by atoms with van der Waals surface area (Å²) in [4.78, 5) is 11.1. The van der Waals surface area contributed by atoms with Crippen LogP contribution < -0.4 is 10.5 Å². The fourth-order valence-corrected chi connectivity index (χ4v) is 3.04. The Kier molecular flexibility index (Phi) is 4.73. The van der Waals surface area contributed by atoms with Crippen molar-refractivity contribution in [2.24, 2.45) is 0 Å². The van der Waals surface area contributed by atoms with Crippen LogP contribution >= 0.6 is 0 Å². The number of rotatable bonds is 6. The molecule has 0 amide bonds. The van der Waals surface area contributed by atoms with Crippen molar-refractivity contribution >= 4 is 16.9 Å². The zero-order valence-corrected chi connectivity index (χ0v) is 13.2. The fraction of sp³-hybridized carbons (Fsp3) is 0.529. The van der Waals surface area contributed by atoms with Gasteiger partial charge in [0.1, 0.15) is 5.75 Å². The summed E-state index contributed by atoms with van der Waals surface area (Å²) in [7, 11) is 0. The Morgan fingerprint density at radius 3 is 2.82 bits per heavy atom. The number of aromatic nitrogens is 2. The summed E-state index contributed by atoms with van der Waals surface area (Å²) in [6.45, 7) is 6.42. The zero-order chi connectivity index (χ0) is 15.4. The number of hydrogen-bond acceptors (Lipinski definition) is 5. The molecule has 0 saturated carbocycles. The third-order valence-corrected chi connectivity index (χ3v) is 4.19. The Hall–Kier alpha value is -1.88. The molecule has 118 valence electrons. The van der Waals surface area contributed by atoms with E-state index in [2.05, 4.69) is 21.8 Å². The lowest BCUT2D eigenvalue weighted by Gasteiger charge is -2.14. The molecule has 1 saturated heterocycles. The fourth-order valence-electron chi connectivity index (χ4n) is 3.04. The third-order valence-electron chi connectivity index (χ3n) is 4.19. The summed E-state index contributed by atoms with van der Waals surface area (Å²) < 4.78 is 5.86. The number of anilines is 1. The standard InChI is InChI=1S/C17H24N4O/c1-2-15-14-7-6-13(12-16(14)20-17(18)19-15)22-11-5-10-21-8-3-4-9-21/h6-7,12H,2-5,8-11H2,1H3,(H2,18,19,20). The number of likely N-dealkylation sites (tertiary alicyclic amines) is 1. The first-order chi connectivity index (χ1) is 10.8. The molecule has 1 aromatic carbocycles. The molecule has 0 bridgehead atoms. The van der Waals surface area contributed by atoms with E-state index < -0.39 is 0 Å². The minimum Gasteiger partial charge on any atom is -0.493 e. The van der Waals surface area contributed by atoms with Crippen LogP contribution in [-0.2, 0) is 6.42 Å². The van der Waals surface area contributed by atoms with Gasteiger partial charge in [0.25, 0.3) is 0 Å². The molecule has 0 atom stereocenters. The Bertz CT molecular complexity index is 638. The van der Waals surface area contributed by atoms with E-state index in [0.29, 0.717) is 5.95 Å². The second kappa shape index (κ2) is 6.92. The summed E-state index contributed by atoms with van der Waals surface area (Å²) in [5.41, 5.74) is 7.62. The molecule has 5 heteroatoms. The number of hydrogen-bond donors (Lipinski definition) is 1. The third kappa shape index (κ3) is 3.47. The maximum Gasteiger partial charge on any atom is 0.220 e. The van der Waals surface area contributed by atoms with E-state index in [-0.39, 0.29) is 0 Å².